The first-order valence-electron chi connectivity index (χ1n) is 10.6. The van der Waals surface area contributed by atoms with E-state index >= 15 is 0 Å². The van der Waals surface area contributed by atoms with Crippen molar-refractivity contribution in [3.63, 3.8) is 0 Å². The molecule has 10 heteroatoms. The van der Waals surface area contributed by atoms with Crippen molar-refractivity contribution in [3.05, 3.63) is 39.7 Å². The van der Waals surface area contributed by atoms with Gasteiger partial charge in [0.25, 0.3) is 0 Å². The highest BCUT2D eigenvalue weighted by Crippen LogP contribution is 2.35. The number of hydrogen-bond donors (Lipinski definition) is 1. The van der Waals surface area contributed by atoms with Gasteiger partial charge in [0.1, 0.15) is 12.4 Å². The van der Waals surface area contributed by atoms with E-state index in [2.05, 4.69) is 15.2 Å². The molecule has 0 atom stereocenters. The quantitative estimate of drug-likeness (QED) is 0.589. The molecule has 1 saturated heterocycles. The molecule has 1 N–H and O–H groups in total. The summed E-state index contributed by atoms with van der Waals surface area (Å²) in [7, 11) is 1.64. The number of hydrogen-bond acceptors (Lipinski definition) is 8. The largest absolute Gasteiger partial charge is 0.495 e. The normalized spacial score (nSPS) is 16.4. The fourth-order valence-corrected chi connectivity index (χ4v) is 5.24. The number of ether oxygens (including phenoxy) is 2. The number of amides is 1. The van der Waals surface area contributed by atoms with Crippen molar-refractivity contribution < 1.29 is 14.3 Å². The number of fused-ring (bicyclic) bond motifs is 2. The zero-order valence-electron chi connectivity index (χ0n) is 17.8. The standard InChI is InChI=1S/C22H24ClN5O3S/c1-30-18-11-15-12-28(5-2-14(15)10-16(18)23)21-20-17(3-9-32-20)25-22(26-21)24-4-6-27-7-8-31-13-19(27)29/h3,9-11H,2,4-8,12-13H2,1H3,(H,24,25,26). The molecule has 1 aromatic carbocycles. The van der Waals surface area contributed by atoms with Crippen LogP contribution in [0.2, 0.25) is 5.02 Å². The summed E-state index contributed by atoms with van der Waals surface area (Å²) in [6, 6.07) is 6.05. The maximum Gasteiger partial charge on any atom is 0.248 e. The van der Waals surface area contributed by atoms with Gasteiger partial charge in [0, 0.05) is 32.7 Å². The van der Waals surface area contributed by atoms with E-state index in [1.54, 1.807) is 23.3 Å². The number of nitrogens with one attached hydrogen (secondary N) is 1. The lowest BCUT2D eigenvalue weighted by molar-refractivity contribution is -0.142. The highest BCUT2D eigenvalue weighted by molar-refractivity contribution is 7.17. The van der Waals surface area contributed by atoms with Gasteiger partial charge in [0.05, 0.1) is 29.0 Å². The van der Waals surface area contributed by atoms with Gasteiger partial charge in [-0.2, -0.15) is 4.98 Å². The highest BCUT2D eigenvalue weighted by atomic mass is 35.5. The third kappa shape index (κ3) is 4.20. The monoisotopic (exact) mass is 473 g/mol. The van der Waals surface area contributed by atoms with Crippen LogP contribution in [0.1, 0.15) is 11.1 Å². The summed E-state index contributed by atoms with van der Waals surface area (Å²) in [5.74, 6) is 2.22. The second kappa shape index (κ2) is 9.09. The minimum absolute atomic E-state index is 0.0236. The van der Waals surface area contributed by atoms with Crippen molar-refractivity contribution in [2.24, 2.45) is 0 Å². The lowest BCUT2D eigenvalue weighted by Crippen LogP contribution is -2.43. The Hall–Kier alpha value is -2.62. The van der Waals surface area contributed by atoms with Gasteiger partial charge in [0.2, 0.25) is 11.9 Å². The molecule has 0 unspecified atom stereocenters. The molecular weight excluding hydrogens is 450 g/mol. The van der Waals surface area contributed by atoms with Crippen LogP contribution in [0, 0.1) is 0 Å². The van der Waals surface area contributed by atoms with Gasteiger partial charge in [-0.1, -0.05) is 11.6 Å². The first kappa shape index (κ1) is 21.2. The SMILES string of the molecule is COc1cc2c(cc1Cl)CCN(c1nc(NCCN3CCOCC3=O)nc3ccsc13)C2. The molecule has 2 aromatic heterocycles. The van der Waals surface area contributed by atoms with Crippen LogP contribution in [0.15, 0.2) is 23.6 Å². The summed E-state index contributed by atoms with van der Waals surface area (Å²) in [5, 5.41) is 5.99. The van der Waals surface area contributed by atoms with Gasteiger partial charge in [-0.25, -0.2) is 4.98 Å². The zero-order chi connectivity index (χ0) is 22.1. The van der Waals surface area contributed by atoms with Crippen molar-refractivity contribution in [2.45, 2.75) is 13.0 Å². The van der Waals surface area contributed by atoms with Crippen LogP contribution >= 0.6 is 22.9 Å². The lowest BCUT2D eigenvalue weighted by atomic mass is 9.99. The Kier molecular flexibility index (Phi) is 6.03. The molecule has 0 radical (unpaired) electrons. The maximum atomic E-state index is 11.9. The van der Waals surface area contributed by atoms with Gasteiger partial charge in [-0.05, 0) is 41.1 Å². The Morgan fingerprint density at radius 2 is 2.19 bits per heavy atom. The highest BCUT2D eigenvalue weighted by Gasteiger charge is 2.23. The van der Waals surface area contributed by atoms with Gasteiger partial charge >= 0.3 is 0 Å². The lowest BCUT2D eigenvalue weighted by Gasteiger charge is -2.31. The molecule has 0 saturated carbocycles. The van der Waals surface area contributed by atoms with E-state index in [-0.39, 0.29) is 12.5 Å². The molecule has 2 aliphatic heterocycles. The average molecular weight is 474 g/mol. The van der Waals surface area contributed by atoms with Gasteiger partial charge < -0.3 is 24.6 Å². The first-order chi connectivity index (χ1) is 15.6. The third-order valence-electron chi connectivity index (χ3n) is 5.82. The number of morpholine rings is 1. The van der Waals surface area contributed by atoms with Gasteiger partial charge in [-0.3, -0.25) is 4.79 Å². The Morgan fingerprint density at radius 1 is 1.28 bits per heavy atom. The van der Waals surface area contributed by atoms with Crippen LogP contribution in [0.25, 0.3) is 10.2 Å². The zero-order valence-corrected chi connectivity index (χ0v) is 19.3. The average Bonchev–Trinajstić information content (AvgIpc) is 3.28. The molecule has 32 heavy (non-hydrogen) atoms. The Morgan fingerprint density at radius 3 is 3.03 bits per heavy atom. The van der Waals surface area contributed by atoms with E-state index in [9.17, 15) is 4.79 Å². The van der Waals surface area contributed by atoms with E-state index < -0.39 is 0 Å². The predicted molar refractivity (Wildman–Crippen MR) is 126 cm³/mol. The van der Waals surface area contributed by atoms with Crippen LogP contribution < -0.4 is 15.0 Å². The molecule has 1 fully saturated rings. The molecule has 168 valence electrons. The molecule has 8 nitrogen and oxygen atoms in total. The third-order valence-corrected chi connectivity index (χ3v) is 7.02. The fraction of sp³-hybridized carbons (Fsp3) is 0.409. The minimum atomic E-state index is 0.0236. The van der Waals surface area contributed by atoms with Crippen molar-refractivity contribution in [1.29, 1.82) is 0 Å². The van der Waals surface area contributed by atoms with Crippen molar-refractivity contribution >= 4 is 50.8 Å². The van der Waals surface area contributed by atoms with Crippen molar-refractivity contribution in [3.8, 4) is 5.75 Å². The number of rotatable bonds is 6. The molecule has 5 rings (SSSR count). The summed E-state index contributed by atoms with van der Waals surface area (Å²) in [4.78, 5) is 25.5. The number of anilines is 2. The molecule has 1 amide bonds. The van der Waals surface area contributed by atoms with Crippen molar-refractivity contribution in [1.82, 2.24) is 14.9 Å². The fourth-order valence-electron chi connectivity index (χ4n) is 4.12. The number of carbonyl (C=O) groups is 1. The Balaban J connectivity index is 1.36. The van der Waals surface area contributed by atoms with Gasteiger partial charge in [-0.15, -0.1) is 11.3 Å². The second-order valence-corrected chi connectivity index (χ2v) is 9.12. The number of nitrogens with zero attached hydrogens (tertiary/aromatic N) is 4. The van der Waals surface area contributed by atoms with Gasteiger partial charge in [0.15, 0.2) is 5.82 Å². The summed E-state index contributed by atoms with van der Waals surface area (Å²) in [5.41, 5.74) is 3.36. The summed E-state index contributed by atoms with van der Waals surface area (Å²) in [6.45, 7) is 4.13. The van der Waals surface area contributed by atoms with Crippen LogP contribution in [0.3, 0.4) is 0 Å². The smallest absolute Gasteiger partial charge is 0.248 e. The topological polar surface area (TPSA) is 79.8 Å². The van der Waals surface area contributed by atoms with Crippen LogP contribution in [-0.2, 0) is 22.5 Å². The summed E-state index contributed by atoms with van der Waals surface area (Å²) in [6.07, 6.45) is 0.887. The number of methoxy groups -OCH3 is 1. The molecule has 0 spiro atoms. The molecule has 0 aliphatic carbocycles. The summed E-state index contributed by atoms with van der Waals surface area (Å²) >= 11 is 7.96. The van der Waals surface area contributed by atoms with Crippen molar-refractivity contribution in [2.75, 3.05) is 56.7 Å². The van der Waals surface area contributed by atoms with E-state index in [1.165, 1.54) is 11.1 Å². The Bertz CT molecular complexity index is 1150. The van der Waals surface area contributed by atoms with Crippen LogP contribution in [0.4, 0.5) is 11.8 Å². The van der Waals surface area contributed by atoms with Crippen LogP contribution in [0.5, 0.6) is 5.75 Å². The predicted octanol–water partition coefficient (Wildman–Crippen LogP) is 3.19. The Labute approximate surface area is 195 Å². The van der Waals surface area contributed by atoms with E-state index in [0.717, 1.165) is 35.5 Å². The van der Waals surface area contributed by atoms with E-state index in [1.807, 2.05) is 23.6 Å². The number of carbonyl (C=O) groups excluding carboxylic acids is 1. The number of thiophene rings is 1. The van der Waals surface area contributed by atoms with Crippen LogP contribution in [-0.4, -0.2) is 67.3 Å². The molecule has 4 heterocycles. The number of benzene rings is 1. The number of aromatic nitrogens is 2. The number of halogens is 1. The summed E-state index contributed by atoms with van der Waals surface area (Å²) < 4.78 is 11.7. The molecular formula is C22H24ClN5O3S. The first-order valence-corrected chi connectivity index (χ1v) is 11.8. The molecule has 2 aliphatic rings. The minimum Gasteiger partial charge on any atom is -0.495 e. The maximum absolute atomic E-state index is 11.9. The van der Waals surface area contributed by atoms with E-state index in [0.29, 0.717) is 43.0 Å². The molecule has 0 bridgehead atoms. The molecule has 3 aromatic rings. The van der Waals surface area contributed by atoms with E-state index in [4.69, 9.17) is 26.1 Å². The second-order valence-electron chi connectivity index (χ2n) is 7.79.